The SMILES string of the molecule is O=C(CCCSc1nc(-c2ccco2)cc(C(F)(F)F)n1)NCc1ccccc1. The lowest BCUT2D eigenvalue weighted by Gasteiger charge is -2.09. The van der Waals surface area contributed by atoms with Crippen molar-refractivity contribution in [3.63, 3.8) is 0 Å². The molecule has 1 amide bonds. The van der Waals surface area contributed by atoms with Gasteiger partial charge in [0.2, 0.25) is 5.91 Å². The van der Waals surface area contributed by atoms with Crippen LogP contribution in [0, 0.1) is 0 Å². The molecule has 1 N–H and O–H groups in total. The van der Waals surface area contributed by atoms with Crippen LogP contribution >= 0.6 is 11.8 Å². The molecule has 152 valence electrons. The fourth-order valence-electron chi connectivity index (χ4n) is 2.47. The number of hydrogen-bond donors (Lipinski definition) is 1. The summed E-state index contributed by atoms with van der Waals surface area (Å²) in [7, 11) is 0. The Labute approximate surface area is 169 Å². The largest absolute Gasteiger partial charge is 0.463 e. The van der Waals surface area contributed by atoms with Crippen molar-refractivity contribution < 1.29 is 22.4 Å². The van der Waals surface area contributed by atoms with Gasteiger partial charge in [0.1, 0.15) is 11.4 Å². The highest BCUT2D eigenvalue weighted by molar-refractivity contribution is 7.99. The van der Waals surface area contributed by atoms with E-state index in [-0.39, 0.29) is 28.9 Å². The lowest BCUT2D eigenvalue weighted by molar-refractivity contribution is -0.141. The van der Waals surface area contributed by atoms with E-state index in [0.29, 0.717) is 18.7 Å². The van der Waals surface area contributed by atoms with Gasteiger partial charge in [-0.1, -0.05) is 42.1 Å². The van der Waals surface area contributed by atoms with Gasteiger partial charge in [0.05, 0.1) is 6.26 Å². The third-order valence-electron chi connectivity index (χ3n) is 3.88. The fourth-order valence-corrected chi connectivity index (χ4v) is 3.26. The summed E-state index contributed by atoms with van der Waals surface area (Å²) in [5, 5.41) is 2.81. The molecule has 29 heavy (non-hydrogen) atoms. The predicted octanol–water partition coefficient (Wildman–Crippen LogP) is 4.94. The summed E-state index contributed by atoms with van der Waals surface area (Å²) in [6.07, 6.45) is -2.46. The van der Waals surface area contributed by atoms with Crippen molar-refractivity contribution in [1.82, 2.24) is 15.3 Å². The third-order valence-corrected chi connectivity index (χ3v) is 4.82. The molecule has 3 aromatic rings. The monoisotopic (exact) mass is 421 g/mol. The number of alkyl halides is 3. The average Bonchev–Trinajstić information content (AvgIpc) is 3.24. The third kappa shape index (κ3) is 6.35. The van der Waals surface area contributed by atoms with Gasteiger partial charge in [-0.05, 0) is 30.2 Å². The molecule has 0 aliphatic carbocycles. The van der Waals surface area contributed by atoms with Gasteiger partial charge in [-0.2, -0.15) is 13.2 Å². The van der Waals surface area contributed by atoms with E-state index >= 15 is 0 Å². The zero-order chi connectivity index (χ0) is 20.7. The van der Waals surface area contributed by atoms with Crippen LogP contribution in [0.1, 0.15) is 24.1 Å². The van der Waals surface area contributed by atoms with Crippen molar-refractivity contribution in [2.45, 2.75) is 30.7 Å². The van der Waals surface area contributed by atoms with Crippen LogP contribution in [0.5, 0.6) is 0 Å². The van der Waals surface area contributed by atoms with Gasteiger partial charge in [-0.25, -0.2) is 9.97 Å². The molecule has 2 aromatic heterocycles. The molecule has 0 radical (unpaired) electrons. The molecule has 0 atom stereocenters. The summed E-state index contributed by atoms with van der Waals surface area (Å²) in [6, 6.07) is 13.5. The highest BCUT2D eigenvalue weighted by Crippen LogP contribution is 2.32. The van der Waals surface area contributed by atoms with Gasteiger partial charge in [0.15, 0.2) is 10.9 Å². The van der Waals surface area contributed by atoms with Gasteiger partial charge < -0.3 is 9.73 Å². The lowest BCUT2D eigenvalue weighted by atomic mass is 10.2. The maximum absolute atomic E-state index is 13.1. The molecular weight excluding hydrogens is 403 g/mol. The number of amides is 1. The zero-order valence-electron chi connectivity index (χ0n) is 15.3. The summed E-state index contributed by atoms with van der Waals surface area (Å²) in [6.45, 7) is 0.441. The summed E-state index contributed by atoms with van der Waals surface area (Å²) < 4.78 is 44.5. The Bertz CT molecular complexity index is 932. The van der Waals surface area contributed by atoms with E-state index in [4.69, 9.17) is 4.42 Å². The second-order valence-corrected chi connectivity index (χ2v) is 7.17. The molecule has 0 saturated carbocycles. The zero-order valence-corrected chi connectivity index (χ0v) is 16.1. The second kappa shape index (κ2) is 9.60. The van der Waals surface area contributed by atoms with E-state index in [9.17, 15) is 18.0 Å². The van der Waals surface area contributed by atoms with E-state index in [0.717, 1.165) is 23.4 Å². The van der Waals surface area contributed by atoms with Gasteiger partial charge in [-0.3, -0.25) is 4.79 Å². The summed E-state index contributed by atoms with van der Waals surface area (Å²) in [4.78, 5) is 19.6. The first-order valence-electron chi connectivity index (χ1n) is 8.85. The first kappa shape index (κ1) is 20.9. The van der Waals surface area contributed by atoms with Crippen LogP contribution in [-0.2, 0) is 17.5 Å². The molecule has 9 heteroatoms. The number of thioether (sulfide) groups is 1. The molecule has 3 rings (SSSR count). The topological polar surface area (TPSA) is 68.0 Å². The Morgan fingerprint density at radius 1 is 1.10 bits per heavy atom. The smallest absolute Gasteiger partial charge is 0.433 e. The van der Waals surface area contributed by atoms with Crippen molar-refractivity contribution in [3.05, 3.63) is 66.1 Å². The fraction of sp³-hybridized carbons (Fsp3) is 0.250. The Morgan fingerprint density at radius 3 is 2.59 bits per heavy atom. The number of hydrogen-bond acceptors (Lipinski definition) is 5. The molecule has 0 fully saturated rings. The highest BCUT2D eigenvalue weighted by atomic mass is 32.2. The number of carbonyl (C=O) groups is 1. The Balaban J connectivity index is 1.53. The molecule has 1 aromatic carbocycles. The van der Waals surface area contributed by atoms with E-state index in [1.54, 1.807) is 6.07 Å². The Morgan fingerprint density at radius 2 is 1.90 bits per heavy atom. The van der Waals surface area contributed by atoms with Crippen molar-refractivity contribution in [2.75, 3.05) is 5.75 Å². The van der Waals surface area contributed by atoms with Gasteiger partial charge in [0, 0.05) is 18.7 Å². The minimum Gasteiger partial charge on any atom is -0.463 e. The van der Waals surface area contributed by atoms with Crippen LogP contribution in [0.4, 0.5) is 13.2 Å². The normalized spacial score (nSPS) is 11.4. The van der Waals surface area contributed by atoms with Crippen LogP contribution in [0.2, 0.25) is 0 Å². The number of carbonyl (C=O) groups excluding carboxylic acids is 1. The lowest BCUT2D eigenvalue weighted by Crippen LogP contribution is -2.22. The maximum atomic E-state index is 13.1. The molecule has 0 aliphatic heterocycles. The average molecular weight is 421 g/mol. The molecule has 0 bridgehead atoms. The van der Waals surface area contributed by atoms with Crippen molar-refractivity contribution in [2.24, 2.45) is 0 Å². The first-order chi connectivity index (χ1) is 13.9. The van der Waals surface area contributed by atoms with Gasteiger partial charge in [0.25, 0.3) is 0 Å². The molecule has 0 unspecified atom stereocenters. The second-order valence-electron chi connectivity index (χ2n) is 6.11. The predicted molar refractivity (Wildman–Crippen MR) is 103 cm³/mol. The van der Waals surface area contributed by atoms with E-state index in [2.05, 4.69) is 15.3 Å². The van der Waals surface area contributed by atoms with Crippen molar-refractivity contribution in [3.8, 4) is 11.5 Å². The quantitative estimate of drug-likeness (QED) is 0.317. The molecule has 2 heterocycles. The number of rotatable bonds is 8. The number of halogens is 3. The van der Waals surface area contributed by atoms with E-state index < -0.39 is 11.9 Å². The summed E-state index contributed by atoms with van der Waals surface area (Å²) in [5.74, 6) is 0.535. The van der Waals surface area contributed by atoms with Crippen LogP contribution in [-0.4, -0.2) is 21.6 Å². The van der Waals surface area contributed by atoms with E-state index in [1.165, 1.54) is 12.3 Å². The Hall–Kier alpha value is -2.81. The highest BCUT2D eigenvalue weighted by Gasteiger charge is 2.34. The van der Waals surface area contributed by atoms with Crippen LogP contribution in [0.15, 0.2) is 64.4 Å². The molecule has 0 saturated heterocycles. The number of nitrogens with zero attached hydrogens (tertiary/aromatic N) is 2. The number of benzene rings is 1. The minimum absolute atomic E-state index is 0.00378. The van der Waals surface area contributed by atoms with Gasteiger partial charge in [-0.15, -0.1) is 0 Å². The van der Waals surface area contributed by atoms with Crippen molar-refractivity contribution >= 4 is 17.7 Å². The molecule has 0 spiro atoms. The number of furan rings is 1. The number of aromatic nitrogens is 2. The summed E-state index contributed by atoms with van der Waals surface area (Å²) >= 11 is 1.07. The minimum atomic E-state index is -4.59. The first-order valence-corrected chi connectivity index (χ1v) is 9.84. The Kier molecular flexibility index (Phi) is 6.92. The molecule has 0 aliphatic rings. The standard InChI is InChI=1S/C20H18F3N3O2S/c21-20(22,23)17-12-15(16-8-4-10-28-16)25-19(26-17)29-11-5-9-18(27)24-13-14-6-2-1-3-7-14/h1-4,6-8,10,12H,5,9,11,13H2,(H,24,27). The van der Waals surface area contributed by atoms with Crippen LogP contribution in [0.3, 0.4) is 0 Å². The van der Waals surface area contributed by atoms with Crippen molar-refractivity contribution in [1.29, 1.82) is 0 Å². The molecular formula is C20H18F3N3O2S. The van der Waals surface area contributed by atoms with Crippen LogP contribution < -0.4 is 5.32 Å². The van der Waals surface area contributed by atoms with Crippen LogP contribution in [0.25, 0.3) is 11.5 Å². The van der Waals surface area contributed by atoms with E-state index in [1.807, 2.05) is 30.3 Å². The maximum Gasteiger partial charge on any atom is 0.433 e. The number of nitrogens with one attached hydrogen (secondary N) is 1. The van der Waals surface area contributed by atoms with Gasteiger partial charge >= 0.3 is 6.18 Å². The molecule has 5 nitrogen and oxygen atoms in total. The summed E-state index contributed by atoms with van der Waals surface area (Å²) in [5.41, 5.74) is 0.0421.